The third-order valence-electron chi connectivity index (χ3n) is 4.01. The quantitative estimate of drug-likeness (QED) is 0.931. The number of nitrogens with two attached hydrogens (primary N) is 1. The van der Waals surface area contributed by atoms with Crippen LogP contribution in [0.3, 0.4) is 0 Å². The van der Waals surface area contributed by atoms with Crippen molar-refractivity contribution in [2.45, 2.75) is 19.3 Å². The fourth-order valence-corrected chi connectivity index (χ4v) is 3.46. The van der Waals surface area contributed by atoms with Gasteiger partial charge in [-0.2, -0.15) is 0 Å². The molecule has 2 N–H and O–H groups in total. The van der Waals surface area contributed by atoms with Crippen molar-refractivity contribution >= 4 is 15.9 Å². The van der Waals surface area contributed by atoms with Gasteiger partial charge in [0.2, 0.25) is 0 Å². The molecule has 0 bridgehead atoms. The summed E-state index contributed by atoms with van der Waals surface area (Å²) in [5, 5.41) is 0. The van der Waals surface area contributed by atoms with Crippen molar-refractivity contribution < 1.29 is 9.47 Å². The molecule has 0 aliphatic carbocycles. The second-order valence-electron chi connectivity index (χ2n) is 5.34. The summed E-state index contributed by atoms with van der Waals surface area (Å²) < 4.78 is 12.5. The highest BCUT2D eigenvalue weighted by Gasteiger charge is 2.35. The Bertz CT molecular complexity index is 455. The first kappa shape index (κ1) is 12.5. The summed E-state index contributed by atoms with van der Waals surface area (Å²) in [5.74, 6) is 1.08. The van der Waals surface area contributed by atoms with Gasteiger partial charge in [0.1, 0.15) is 5.75 Å². The standard InChI is InChI=1S/C14H18BrNO2/c15-12-5-10-1-3-18-13(10)11(6-12)7-14(8-16)2-4-17-9-14/h5-6H,1-4,7-9,16H2. The molecule has 0 radical (unpaired) electrons. The number of ether oxygens (including phenoxy) is 2. The minimum absolute atomic E-state index is 0.0977. The Hall–Kier alpha value is -0.580. The fraction of sp³-hybridized carbons (Fsp3) is 0.571. The monoisotopic (exact) mass is 311 g/mol. The Morgan fingerprint density at radius 1 is 1.33 bits per heavy atom. The lowest BCUT2D eigenvalue weighted by atomic mass is 9.80. The van der Waals surface area contributed by atoms with Crippen LogP contribution in [0.5, 0.6) is 5.75 Å². The molecule has 98 valence electrons. The Balaban J connectivity index is 1.92. The van der Waals surface area contributed by atoms with Gasteiger partial charge in [-0.05, 0) is 36.1 Å². The van der Waals surface area contributed by atoms with Crippen LogP contribution in [0, 0.1) is 5.41 Å². The number of hydrogen-bond acceptors (Lipinski definition) is 3. The first-order chi connectivity index (χ1) is 8.72. The van der Waals surface area contributed by atoms with Gasteiger partial charge in [0.05, 0.1) is 13.2 Å². The van der Waals surface area contributed by atoms with Gasteiger partial charge in [0.25, 0.3) is 0 Å². The zero-order valence-electron chi connectivity index (χ0n) is 10.4. The number of benzene rings is 1. The van der Waals surface area contributed by atoms with Crippen molar-refractivity contribution in [1.29, 1.82) is 0 Å². The molecule has 1 unspecified atom stereocenters. The molecule has 2 aliphatic heterocycles. The Morgan fingerprint density at radius 2 is 2.22 bits per heavy atom. The summed E-state index contributed by atoms with van der Waals surface area (Å²) in [6, 6.07) is 4.33. The van der Waals surface area contributed by atoms with Crippen LogP contribution in [-0.2, 0) is 17.6 Å². The maximum Gasteiger partial charge on any atom is 0.125 e. The van der Waals surface area contributed by atoms with Crippen molar-refractivity contribution in [3.05, 3.63) is 27.7 Å². The van der Waals surface area contributed by atoms with E-state index < -0.39 is 0 Å². The van der Waals surface area contributed by atoms with Gasteiger partial charge in [-0.15, -0.1) is 0 Å². The maximum atomic E-state index is 5.97. The molecule has 1 saturated heterocycles. The summed E-state index contributed by atoms with van der Waals surface area (Å²) in [6.07, 6.45) is 3.00. The van der Waals surface area contributed by atoms with E-state index in [1.165, 1.54) is 11.1 Å². The smallest absolute Gasteiger partial charge is 0.125 e. The minimum atomic E-state index is 0.0977. The van der Waals surface area contributed by atoms with Crippen LogP contribution in [0.15, 0.2) is 16.6 Å². The van der Waals surface area contributed by atoms with Gasteiger partial charge in [0, 0.05) is 29.5 Å². The Morgan fingerprint density at radius 3 is 2.94 bits per heavy atom. The number of hydrogen-bond donors (Lipinski definition) is 1. The van der Waals surface area contributed by atoms with Crippen LogP contribution in [0.25, 0.3) is 0 Å². The third-order valence-corrected chi connectivity index (χ3v) is 4.47. The van der Waals surface area contributed by atoms with E-state index in [1.807, 2.05) is 0 Å². The van der Waals surface area contributed by atoms with Gasteiger partial charge in [-0.1, -0.05) is 15.9 Å². The minimum Gasteiger partial charge on any atom is -0.493 e. The summed E-state index contributed by atoms with van der Waals surface area (Å²) in [5.41, 5.74) is 8.65. The first-order valence-electron chi connectivity index (χ1n) is 6.44. The molecular weight excluding hydrogens is 294 g/mol. The van der Waals surface area contributed by atoms with E-state index in [9.17, 15) is 0 Å². The zero-order valence-corrected chi connectivity index (χ0v) is 12.0. The lowest BCUT2D eigenvalue weighted by Gasteiger charge is -2.26. The number of rotatable bonds is 3. The predicted octanol–water partition coefficient (Wildman–Crippen LogP) is 2.29. The van der Waals surface area contributed by atoms with E-state index in [1.54, 1.807) is 0 Å². The van der Waals surface area contributed by atoms with Gasteiger partial charge in [-0.3, -0.25) is 0 Å². The van der Waals surface area contributed by atoms with Gasteiger partial charge < -0.3 is 15.2 Å². The predicted molar refractivity (Wildman–Crippen MR) is 74.0 cm³/mol. The first-order valence-corrected chi connectivity index (χ1v) is 7.24. The maximum absolute atomic E-state index is 5.97. The van der Waals surface area contributed by atoms with E-state index in [4.69, 9.17) is 15.2 Å². The largest absolute Gasteiger partial charge is 0.493 e. The molecule has 2 aliphatic rings. The molecule has 2 heterocycles. The Kier molecular flexibility index (Phi) is 3.34. The SMILES string of the molecule is NCC1(Cc2cc(Br)cc3c2OCC3)CCOC1. The molecule has 3 rings (SSSR count). The zero-order chi connectivity index (χ0) is 12.6. The van der Waals surface area contributed by atoms with Crippen molar-refractivity contribution in [1.82, 2.24) is 0 Å². The molecule has 1 aromatic carbocycles. The molecule has 0 amide bonds. The lowest BCUT2D eigenvalue weighted by molar-refractivity contribution is 0.154. The van der Waals surface area contributed by atoms with Crippen molar-refractivity contribution in [2.75, 3.05) is 26.4 Å². The number of fused-ring (bicyclic) bond motifs is 1. The highest BCUT2D eigenvalue weighted by Crippen LogP contribution is 2.39. The molecular formula is C14H18BrNO2. The molecule has 1 aromatic rings. The van der Waals surface area contributed by atoms with Crippen LogP contribution >= 0.6 is 15.9 Å². The highest BCUT2D eigenvalue weighted by atomic mass is 79.9. The Labute approximate surface area is 116 Å². The second-order valence-corrected chi connectivity index (χ2v) is 6.25. The molecule has 3 nitrogen and oxygen atoms in total. The van der Waals surface area contributed by atoms with E-state index in [2.05, 4.69) is 28.1 Å². The third kappa shape index (κ3) is 2.17. The lowest BCUT2D eigenvalue weighted by Crippen LogP contribution is -2.33. The van der Waals surface area contributed by atoms with E-state index in [0.29, 0.717) is 6.54 Å². The van der Waals surface area contributed by atoms with Gasteiger partial charge in [-0.25, -0.2) is 0 Å². The van der Waals surface area contributed by atoms with Gasteiger partial charge >= 0.3 is 0 Å². The topological polar surface area (TPSA) is 44.5 Å². The van der Waals surface area contributed by atoms with E-state index in [0.717, 1.165) is 49.3 Å². The van der Waals surface area contributed by atoms with Crippen molar-refractivity contribution in [2.24, 2.45) is 11.1 Å². The summed E-state index contributed by atoms with van der Waals surface area (Å²) in [4.78, 5) is 0. The molecule has 4 heteroatoms. The van der Waals surface area contributed by atoms with Crippen LogP contribution in [-0.4, -0.2) is 26.4 Å². The van der Waals surface area contributed by atoms with Crippen LogP contribution in [0.1, 0.15) is 17.5 Å². The van der Waals surface area contributed by atoms with Crippen LogP contribution < -0.4 is 10.5 Å². The van der Waals surface area contributed by atoms with E-state index in [-0.39, 0.29) is 5.41 Å². The fourth-order valence-electron chi connectivity index (χ4n) is 2.90. The summed E-state index contributed by atoms with van der Waals surface area (Å²) >= 11 is 3.59. The average molecular weight is 312 g/mol. The van der Waals surface area contributed by atoms with Crippen LogP contribution in [0.4, 0.5) is 0 Å². The molecule has 1 fully saturated rings. The molecule has 0 spiro atoms. The van der Waals surface area contributed by atoms with Crippen LogP contribution in [0.2, 0.25) is 0 Å². The molecule has 0 aromatic heterocycles. The average Bonchev–Trinajstić information content (AvgIpc) is 2.98. The molecule has 18 heavy (non-hydrogen) atoms. The molecule has 1 atom stereocenters. The normalized spacial score (nSPS) is 26.1. The van der Waals surface area contributed by atoms with Crippen molar-refractivity contribution in [3.8, 4) is 5.75 Å². The number of halogens is 1. The van der Waals surface area contributed by atoms with Crippen molar-refractivity contribution in [3.63, 3.8) is 0 Å². The summed E-state index contributed by atoms with van der Waals surface area (Å²) in [6.45, 7) is 3.07. The highest BCUT2D eigenvalue weighted by molar-refractivity contribution is 9.10. The second kappa shape index (κ2) is 4.83. The van der Waals surface area contributed by atoms with E-state index >= 15 is 0 Å². The molecule has 0 saturated carbocycles. The van der Waals surface area contributed by atoms with Gasteiger partial charge in [0.15, 0.2) is 0 Å². The summed E-state index contributed by atoms with van der Waals surface area (Å²) in [7, 11) is 0.